The molecule has 0 atom stereocenters. The van der Waals surface area contributed by atoms with Crippen LogP contribution < -0.4 is 0 Å². The molecule has 0 spiro atoms. The highest BCUT2D eigenvalue weighted by molar-refractivity contribution is 5.89. The summed E-state index contributed by atoms with van der Waals surface area (Å²) in [5.74, 6) is -0.360. The number of ketones is 1. The highest BCUT2D eigenvalue weighted by atomic mass is 19.1. The number of carbonyl (C=O) groups excluding carboxylic acids is 2. The molecule has 0 aromatic heterocycles. The highest BCUT2D eigenvalue weighted by Crippen LogP contribution is 2.11. The van der Waals surface area contributed by atoms with E-state index in [1.807, 2.05) is 0 Å². The van der Waals surface area contributed by atoms with Crippen LogP contribution in [0.25, 0.3) is 0 Å². The first-order valence-electron chi connectivity index (χ1n) is 4.84. The molecule has 0 saturated heterocycles. The predicted molar refractivity (Wildman–Crippen MR) is 55.1 cm³/mol. The van der Waals surface area contributed by atoms with Gasteiger partial charge in [-0.3, -0.25) is 4.79 Å². The van der Waals surface area contributed by atoms with Crippen molar-refractivity contribution < 1.29 is 14.0 Å². The molecule has 15 heavy (non-hydrogen) atoms. The van der Waals surface area contributed by atoms with Crippen LogP contribution in [0.3, 0.4) is 0 Å². The highest BCUT2D eigenvalue weighted by Gasteiger charge is 2.03. The van der Waals surface area contributed by atoms with E-state index in [0.717, 1.165) is 5.56 Å². The Kier molecular flexibility index (Phi) is 4.16. The molecule has 0 aliphatic rings. The fourth-order valence-corrected chi connectivity index (χ4v) is 1.27. The van der Waals surface area contributed by atoms with Crippen molar-refractivity contribution in [2.45, 2.75) is 26.2 Å². The zero-order valence-electron chi connectivity index (χ0n) is 8.63. The average Bonchev–Trinajstić information content (AvgIpc) is 2.20. The minimum atomic E-state index is -0.254. The Hall–Kier alpha value is -1.51. The van der Waals surface area contributed by atoms with Crippen molar-refractivity contribution in [2.75, 3.05) is 0 Å². The van der Waals surface area contributed by atoms with Crippen LogP contribution in [-0.4, -0.2) is 12.1 Å². The van der Waals surface area contributed by atoms with Crippen molar-refractivity contribution in [3.8, 4) is 0 Å². The minimum Gasteiger partial charge on any atom is -0.303 e. The van der Waals surface area contributed by atoms with Crippen LogP contribution in [0, 0.1) is 12.7 Å². The summed E-state index contributed by atoms with van der Waals surface area (Å²) in [6.07, 6.45) is 1.33. The Morgan fingerprint density at radius 3 is 2.80 bits per heavy atom. The van der Waals surface area contributed by atoms with Crippen LogP contribution in [0.1, 0.15) is 24.0 Å². The number of Topliss-reactive ketones (excluding diaryl/α,β-unsaturated/α-hetero) is 1. The third kappa shape index (κ3) is 3.62. The van der Waals surface area contributed by atoms with E-state index >= 15 is 0 Å². The fourth-order valence-electron chi connectivity index (χ4n) is 1.27. The van der Waals surface area contributed by atoms with Gasteiger partial charge < -0.3 is 4.79 Å². The molecular weight excluding hydrogens is 195 g/mol. The van der Waals surface area contributed by atoms with E-state index in [4.69, 9.17) is 0 Å². The summed E-state index contributed by atoms with van der Waals surface area (Å²) in [5.41, 5.74) is 1.38. The van der Waals surface area contributed by atoms with Gasteiger partial charge in [-0.2, -0.15) is 0 Å². The first-order chi connectivity index (χ1) is 7.13. The van der Waals surface area contributed by atoms with Gasteiger partial charge in [0.05, 0.1) is 6.42 Å². The average molecular weight is 208 g/mol. The van der Waals surface area contributed by atoms with E-state index in [2.05, 4.69) is 0 Å². The summed E-state index contributed by atoms with van der Waals surface area (Å²) in [6, 6.07) is 4.92. The topological polar surface area (TPSA) is 34.1 Å². The van der Waals surface area contributed by atoms with Gasteiger partial charge in [0.15, 0.2) is 0 Å². The molecule has 0 aliphatic carbocycles. The molecule has 0 heterocycles. The largest absolute Gasteiger partial charge is 0.303 e. The minimum absolute atomic E-state index is 0.0473. The third-order valence-corrected chi connectivity index (χ3v) is 2.24. The fraction of sp³-hybridized carbons (Fsp3) is 0.333. The lowest BCUT2D eigenvalue weighted by Crippen LogP contribution is -2.01. The standard InChI is InChI=1S/C12H13FO2/c1-9-2-3-10(8-12(9)13)4-5-11(15)6-7-14/h2-3,7-8H,4-6H2,1H3. The second kappa shape index (κ2) is 5.39. The van der Waals surface area contributed by atoms with Gasteiger partial charge in [-0.1, -0.05) is 12.1 Å². The number of carbonyl (C=O) groups is 2. The lowest BCUT2D eigenvalue weighted by Gasteiger charge is -2.01. The van der Waals surface area contributed by atoms with E-state index in [9.17, 15) is 14.0 Å². The normalized spacial score (nSPS) is 10.0. The first kappa shape index (κ1) is 11.6. The van der Waals surface area contributed by atoms with Crippen molar-refractivity contribution >= 4 is 12.1 Å². The Morgan fingerprint density at radius 1 is 1.47 bits per heavy atom. The molecule has 1 aromatic carbocycles. The van der Waals surface area contributed by atoms with Crippen molar-refractivity contribution in [1.82, 2.24) is 0 Å². The van der Waals surface area contributed by atoms with Gasteiger partial charge in [0, 0.05) is 6.42 Å². The monoisotopic (exact) mass is 208 g/mol. The molecule has 2 nitrogen and oxygen atoms in total. The molecule has 0 saturated carbocycles. The third-order valence-electron chi connectivity index (χ3n) is 2.24. The zero-order chi connectivity index (χ0) is 11.3. The number of halogens is 1. The van der Waals surface area contributed by atoms with Crippen molar-refractivity contribution in [3.63, 3.8) is 0 Å². The van der Waals surface area contributed by atoms with Crippen molar-refractivity contribution in [2.24, 2.45) is 0 Å². The van der Waals surface area contributed by atoms with Crippen molar-refractivity contribution in [1.29, 1.82) is 0 Å². The molecule has 0 radical (unpaired) electrons. The van der Waals surface area contributed by atoms with Gasteiger partial charge in [-0.05, 0) is 30.5 Å². The molecule has 0 unspecified atom stereocenters. The Labute approximate surface area is 88.1 Å². The summed E-state index contributed by atoms with van der Waals surface area (Å²) < 4.78 is 13.1. The van der Waals surface area contributed by atoms with Gasteiger partial charge in [0.1, 0.15) is 17.9 Å². The molecule has 1 aromatic rings. The smallest absolute Gasteiger partial charge is 0.140 e. The maximum absolute atomic E-state index is 13.1. The lowest BCUT2D eigenvalue weighted by atomic mass is 10.0. The van der Waals surface area contributed by atoms with Gasteiger partial charge in [-0.15, -0.1) is 0 Å². The van der Waals surface area contributed by atoms with E-state index < -0.39 is 0 Å². The van der Waals surface area contributed by atoms with Crippen LogP contribution in [-0.2, 0) is 16.0 Å². The molecule has 0 amide bonds. The maximum atomic E-state index is 13.1. The second-order valence-electron chi connectivity index (χ2n) is 3.49. The Balaban J connectivity index is 2.54. The Bertz CT molecular complexity index is 372. The predicted octanol–water partition coefficient (Wildman–Crippen LogP) is 2.22. The van der Waals surface area contributed by atoms with Gasteiger partial charge in [0.2, 0.25) is 0 Å². The van der Waals surface area contributed by atoms with Crippen LogP contribution in [0.4, 0.5) is 4.39 Å². The Morgan fingerprint density at radius 2 is 2.20 bits per heavy atom. The maximum Gasteiger partial charge on any atom is 0.140 e. The molecule has 1 rings (SSSR count). The first-order valence-corrected chi connectivity index (χ1v) is 4.84. The summed E-state index contributed by atoms with van der Waals surface area (Å²) in [6.45, 7) is 1.69. The van der Waals surface area contributed by atoms with Gasteiger partial charge >= 0.3 is 0 Å². The van der Waals surface area contributed by atoms with Crippen molar-refractivity contribution in [3.05, 3.63) is 35.1 Å². The van der Waals surface area contributed by atoms with Crippen LogP contribution in [0.2, 0.25) is 0 Å². The molecule has 0 bridgehead atoms. The second-order valence-corrected chi connectivity index (χ2v) is 3.49. The lowest BCUT2D eigenvalue weighted by molar-refractivity contribution is -0.122. The van der Waals surface area contributed by atoms with Gasteiger partial charge in [-0.25, -0.2) is 4.39 Å². The van der Waals surface area contributed by atoms with E-state index in [1.165, 1.54) is 6.07 Å². The zero-order valence-corrected chi connectivity index (χ0v) is 8.63. The molecule has 0 N–H and O–H groups in total. The van der Waals surface area contributed by atoms with E-state index in [1.54, 1.807) is 19.1 Å². The summed E-state index contributed by atoms with van der Waals surface area (Å²) in [4.78, 5) is 21.1. The number of aryl methyl sites for hydroxylation is 2. The summed E-state index contributed by atoms with van der Waals surface area (Å²) in [5, 5.41) is 0. The molecule has 80 valence electrons. The number of benzene rings is 1. The molecular formula is C12H13FO2. The summed E-state index contributed by atoms with van der Waals surface area (Å²) in [7, 11) is 0. The van der Waals surface area contributed by atoms with Gasteiger partial charge in [0.25, 0.3) is 0 Å². The number of rotatable bonds is 5. The summed E-state index contributed by atoms with van der Waals surface area (Å²) >= 11 is 0. The van der Waals surface area contributed by atoms with E-state index in [-0.39, 0.29) is 18.0 Å². The number of aldehydes is 1. The molecule has 0 fully saturated rings. The van der Waals surface area contributed by atoms with Crippen LogP contribution >= 0.6 is 0 Å². The molecule has 3 heteroatoms. The SMILES string of the molecule is Cc1ccc(CCC(=O)CC=O)cc1F. The number of hydrogen-bond donors (Lipinski definition) is 0. The van der Waals surface area contributed by atoms with Crippen LogP contribution in [0.15, 0.2) is 18.2 Å². The quantitative estimate of drug-likeness (QED) is 0.549. The van der Waals surface area contributed by atoms with Crippen LogP contribution in [0.5, 0.6) is 0 Å². The number of hydrogen-bond acceptors (Lipinski definition) is 2. The molecule has 0 aliphatic heterocycles. The van der Waals surface area contributed by atoms with E-state index in [0.29, 0.717) is 24.7 Å².